The normalized spacial score (nSPS) is 18.0. The molecule has 2 N–H and O–H groups in total. The van der Waals surface area contributed by atoms with Gasteiger partial charge in [-0.2, -0.15) is 39.5 Å². The monoisotopic (exact) mass is 551 g/mol. The van der Waals surface area contributed by atoms with Crippen LogP contribution in [-0.2, 0) is 0 Å². The maximum atomic E-state index is 13.6. The Hall–Kier alpha value is -2.20. The first-order chi connectivity index (χ1) is 14.8. The fraction of sp³-hybridized carbons (Fsp3) is 0.267. The number of imide groups is 1. The predicted octanol–water partition coefficient (Wildman–Crippen LogP) is 6.14. The smallest absolute Gasteiger partial charge is 0.286 e. The number of aliphatic imine (C=N–C) groups is 1. The molecule has 1 aromatic rings. The first-order valence-corrected chi connectivity index (χ1v) is 9.34. The van der Waals surface area contributed by atoms with E-state index in [-0.39, 0.29) is 10.0 Å². The van der Waals surface area contributed by atoms with Crippen molar-refractivity contribution in [3.63, 3.8) is 0 Å². The molecule has 1 heterocycles. The quantitative estimate of drug-likeness (QED) is 0.412. The summed E-state index contributed by atoms with van der Waals surface area (Å²) in [6.45, 7) is 0. The van der Waals surface area contributed by atoms with Crippen LogP contribution in [0.5, 0.6) is 0 Å². The van der Waals surface area contributed by atoms with Crippen molar-refractivity contribution in [3.05, 3.63) is 44.5 Å². The molecule has 0 saturated heterocycles. The SMILES string of the molecule is O=C(NC(=O)c1ccc(Cl)cc1Cl)NC1=NC(C(F)(F)F)(C(F)(F)F)C(=C(F)C(F)(F)F)S1. The summed E-state index contributed by atoms with van der Waals surface area (Å²) in [5.41, 5.74) is -6.06. The molecule has 1 aliphatic heterocycles. The summed E-state index contributed by atoms with van der Waals surface area (Å²) in [6, 6.07) is 1.41. The molecule has 182 valence electrons. The lowest BCUT2D eigenvalue weighted by atomic mass is 9.97. The zero-order valence-electron chi connectivity index (χ0n) is 14.9. The molecule has 1 aliphatic rings. The topological polar surface area (TPSA) is 70.6 Å². The second kappa shape index (κ2) is 8.87. The fourth-order valence-corrected chi connectivity index (χ4v) is 3.94. The largest absolute Gasteiger partial charge is 0.443 e. The fourth-order valence-electron chi connectivity index (χ4n) is 2.30. The number of thioether (sulfide) groups is 1. The Balaban J connectivity index is 2.43. The van der Waals surface area contributed by atoms with Crippen LogP contribution in [-0.4, -0.2) is 41.2 Å². The lowest BCUT2D eigenvalue weighted by Gasteiger charge is -2.31. The summed E-state index contributed by atoms with van der Waals surface area (Å²) >= 11 is 10.2. The lowest BCUT2D eigenvalue weighted by Crippen LogP contribution is -2.55. The second-order valence-corrected chi connectivity index (χ2v) is 7.74. The van der Waals surface area contributed by atoms with Crippen LogP contribution in [0.1, 0.15) is 10.4 Å². The Labute approximate surface area is 190 Å². The van der Waals surface area contributed by atoms with Gasteiger partial charge in [-0.1, -0.05) is 35.0 Å². The lowest BCUT2D eigenvalue weighted by molar-refractivity contribution is -0.280. The van der Waals surface area contributed by atoms with E-state index in [4.69, 9.17) is 23.2 Å². The van der Waals surface area contributed by atoms with Crippen molar-refractivity contribution >= 4 is 52.1 Å². The summed E-state index contributed by atoms with van der Waals surface area (Å²) in [6.07, 6.45) is -19.4. The van der Waals surface area contributed by atoms with E-state index in [2.05, 4.69) is 4.99 Å². The maximum Gasteiger partial charge on any atom is 0.443 e. The molecular formula is C15H5Cl2F10N3O2S. The van der Waals surface area contributed by atoms with Crippen molar-refractivity contribution in [2.45, 2.75) is 24.1 Å². The van der Waals surface area contributed by atoms with Crippen LogP contribution < -0.4 is 10.6 Å². The number of nitrogens with one attached hydrogen (secondary N) is 2. The predicted molar refractivity (Wildman–Crippen MR) is 96.5 cm³/mol. The molecule has 1 aromatic carbocycles. The Bertz CT molecular complexity index is 1040. The van der Waals surface area contributed by atoms with E-state index in [0.717, 1.165) is 18.2 Å². The van der Waals surface area contributed by atoms with Gasteiger partial charge in [0.05, 0.1) is 15.5 Å². The average molecular weight is 552 g/mol. The highest BCUT2D eigenvalue weighted by atomic mass is 35.5. The molecule has 0 aliphatic carbocycles. The summed E-state index contributed by atoms with van der Waals surface area (Å²) < 4.78 is 131. The third-order valence-electron chi connectivity index (χ3n) is 3.69. The number of urea groups is 1. The van der Waals surface area contributed by atoms with Gasteiger partial charge in [-0.3, -0.25) is 15.4 Å². The van der Waals surface area contributed by atoms with Crippen LogP contribution in [0.25, 0.3) is 0 Å². The number of rotatable bonds is 1. The molecule has 5 nitrogen and oxygen atoms in total. The molecule has 18 heteroatoms. The van der Waals surface area contributed by atoms with Gasteiger partial charge in [0.25, 0.3) is 11.4 Å². The Morgan fingerprint density at radius 2 is 1.52 bits per heavy atom. The first kappa shape index (κ1) is 27.0. The maximum absolute atomic E-state index is 13.6. The van der Waals surface area contributed by atoms with Crippen molar-refractivity contribution in [1.82, 2.24) is 10.6 Å². The molecule has 0 fully saturated rings. The number of nitrogens with zero attached hydrogens (tertiary/aromatic N) is 1. The number of amidine groups is 1. The van der Waals surface area contributed by atoms with Gasteiger partial charge in [-0.05, 0) is 18.2 Å². The van der Waals surface area contributed by atoms with Crippen LogP contribution >= 0.6 is 35.0 Å². The number of hydrogen-bond acceptors (Lipinski definition) is 4. The average Bonchev–Trinajstić information content (AvgIpc) is 3.00. The van der Waals surface area contributed by atoms with E-state index in [1.165, 1.54) is 10.6 Å². The first-order valence-electron chi connectivity index (χ1n) is 7.77. The van der Waals surface area contributed by atoms with Gasteiger partial charge in [0.15, 0.2) is 5.17 Å². The van der Waals surface area contributed by atoms with E-state index < -0.39 is 69.2 Å². The van der Waals surface area contributed by atoms with Crippen LogP contribution in [0, 0.1) is 0 Å². The van der Waals surface area contributed by atoms with E-state index in [0.29, 0.717) is 0 Å². The highest BCUT2D eigenvalue weighted by Crippen LogP contribution is 2.59. The van der Waals surface area contributed by atoms with Gasteiger partial charge >= 0.3 is 24.6 Å². The molecule has 0 aromatic heterocycles. The van der Waals surface area contributed by atoms with Crippen LogP contribution in [0.3, 0.4) is 0 Å². The molecule has 33 heavy (non-hydrogen) atoms. The van der Waals surface area contributed by atoms with Gasteiger partial charge in [0.1, 0.15) is 0 Å². The minimum absolute atomic E-state index is 0.0689. The minimum atomic E-state index is -6.59. The molecule has 0 saturated carbocycles. The van der Waals surface area contributed by atoms with E-state index in [1.807, 2.05) is 0 Å². The molecule has 0 unspecified atom stereocenters. The van der Waals surface area contributed by atoms with E-state index >= 15 is 0 Å². The van der Waals surface area contributed by atoms with Gasteiger partial charge in [-0.15, -0.1) is 0 Å². The van der Waals surface area contributed by atoms with Gasteiger partial charge in [0.2, 0.25) is 5.83 Å². The summed E-state index contributed by atoms with van der Waals surface area (Å²) in [5.74, 6) is -5.03. The summed E-state index contributed by atoms with van der Waals surface area (Å²) in [7, 11) is 0. The van der Waals surface area contributed by atoms with Crippen molar-refractivity contribution in [2.75, 3.05) is 0 Å². The van der Waals surface area contributed by atoms with E-state index in [1.54, 1.807) is 0 Å². The number of allylic oxidation sites excluding steroid dienone is 1. The number of carbonyl (C=O) groups is 2. The number of amides is 3. The summed E-state index contributed by atoms with van der Waals surface area (Å²) in [5, 5.41) is 0.760. The van der Waals surface area contributed by atoms with Crippen LogP contribution in [0.2, 0.25) is 10.0 Å². The highest BCUT2D eigenvalue weighted by Gasteiger charge is 2.77. The number of benzene rings is 1. The minimum Gasteiger partial charge on any atom is -0.286 e. The van der Waals surface area contributed by atoms with Crippen molar-refractivity contribution in [3.8, 4) is 0 Å². The number of alkyl halides is 9. The van der Waals surface area contributed by atoms with Crippen molar-refractivity contribution in [1.29, 1.82) is 0 Å². The van der Waals surface area contributed by atoms with Crippen LogP contribution in [0.15, 0.2) is 33.9 Å². The van der Waals surface area contributed by atoms with Gasteiger partial charge in [0, 0.05) is 5.02 Å². The zero-order chi connectivity index (χ0) is 25.6. The van der Waals surface area contributed by atoms with Crippen LogP contribution in [0.4, 0.5) is 48.7 Å². The third-order valence-corrected chi connectivity index (χ3v) is 5.30. The van der Waals surface area contributed by atoms with Gasteiger partial charge in [-0.25, -0.2) is 14.2 Å². The molecule has 0 spiro atoms. The standard InChI is InChI=1S/C15H5Cl2F10N3O2S/c16-4-1-2-5(6(17)3-4)9(31)28-10(32)29-11-30-12(14(22,23)24,15(25,26)27)8(33-11)7(18)13(19,20)21/h1-3H,(H2,28,29,30,31,32). The van der Waals surface area contributed by atoms with E-state index in [9.17, 15) is 53.5 Å². The van der Waals surface area contributed by atoms with Gasteiger partial charge < -0.3 is 0 Å². The Kier molecular flexibility index (Phi) is 7.27. The Morgan fingerprint density at radius 3 is 1.97 bits per heavy atom. The second-order valence-electron chi connectivity index (χ2n) is 5.90. The number of carbonyl (C=O) groups excluding carboxylic acids is 2. The Morgan fingerprint density at radius 1 is 0.970 bits per heavy atom. The molecule has 0 radical (unpaired) electrons. The third kappa shape index (κ3) is 5.32. The molecule has 0 atom stereocenters. The molecule has 2 rings (SSSR count). The molecule has 0 bridgehead atoms. The number of hydrogen-bond donors (Lipinski definition) is 2. The van der Waals surface area contributed by atoms with Crippen molar-refractivity contribution in [2.24, 2.45) is 4.99 Å². The van der Waals surface area contributed by atoms with Crippen molar-refractivity contribution < 1.29 is 53.5 Å². The highest BCUT2D eigenvalue weighted by molar-refractivity contribution is 8.17. The zero-order valence-corrected chi connectivity index (χ0v) is 17.3. The number of halogens is 12. The molecular weight excluding hydrogens is 547 g/mol. The summed E-state index contributed by atoms with van der Waals surface area (Å²) in [4.78, 5) is 23.1. The molecule has 3 amide bonds.